The molecule has 1 N–H and O–H groups in total. The van der Waals surface area contributed by atoms with Crippen molar-refractivity contribution >= 4 is 17.7 Å². The lowest BCUT2D eigenvalue weighted by Crippen LogP contribution is -2.60. The third kappa shape index (κ3) is 4.72. The number of aliphatic hydroxyl groups is 1. The maximum Gasteiger partial charge on any atom is 0.248 e. The number of likely N-dealkylation sites (tertiary alicyclic amines) is 1. The Morgan fingerprint density at radius 2 is 1.87 bits per heavy atom. The maximum absolute atomic E-state index is 14.5. The highest BCUT2D eigenvalue weighted by molar-refractivity contribution is 5.99. The highest BCUT2D eigenvalue weighted by atomic mass is 16.5. The summed E-state index contributed by atoms with van der Waals surface area (Å²) >= 11 is 0. The van der Waals surface area contributed by atoms with Crippen molar-refractivity contribution < 1.29 is 24.2 Å². The lowest BCUT2D eigenvalue weighted by Gasteiger charge is -2.41. The van der Waals surface area contributed by atoms with Crippen molar-refractivity contribution in [2.24, 2.45) is 23.7 Å². The van der Waals surface area contributed by atoms with Crippen molar-refractivity contribution in [2.75, 3.05) is 33.3 Å². The molecule has 0 saturated carbocycles. The van der Waals surface area contributed by atoms with Crippen LogP contribution in [-0.2, 0) is 19.1 Å². The molecule has 1 spiro atoms. The zero-order valence-corrected chi connectivity index (χ0v) is 24.3. The fourth-order valence-electron chi connectivity index (χ4n) is 7.20. The Kier molecular flexibility index (Phi) is 9.51. The topological polar surface area (TPSA) is 90.4 Å². The number of unbranched alkanes of at least 4 members (excludes halogenated alkanes) is 2. The molecule has 0 aliphatic carbocycles. The Morgan fingerprint density at radius 3 is 2.42 bits per heavy atom. The van der Waals surface area contributed by atoms with Crippen LogP contribution in [0.1, 0.15) is 66.7 Å². The standard InChI is InChI=1S/C30H49N3O5/c1-9-13-14-17-32(16-11-3)28(37)25-30-18-21(6)29(7,38-30)23(26(35)31(8)15-10-2)24(30)27(36)33(25)22(19-34)20(5)12-4/h10-11,20-25,34H,2-3,9,12-19H2,1,4-8H3/t20-,21?,22-,23-,24-,25?,29+,30?/m0/s1. The highest BCUT2D eigenvalue weighted by Gasteiger charge is 2.80. The molecule has 2 bridgehead atoms. The van der Waals surface area contributed by atoms with Crippen molar-refractivity contribution in [3.63, 3.8) is 0 Å². The lowest BCUT2D eigenvalue weighted by molar-refractivity contribution is -0.158. The van der Waals surface area contributed by atoms with E-state index in [1.165, 1.54) is 0 Å². The number of amides is 3. The Labute approximate surface area is 229 Å². The van der Waals surface area contributed by atoms with E-state index in [9.17, 15) is 19.5 Å². The highest BCUT2D eigenvalue weighted by Crippen LogP contribution is 2.66. The molecule has 0 radical (unpaired) electrons. The van der Waals surface area contributed by atoms with Gasteiger partial charge in [0.2, 0.25) is 17.7 Å². The van der Waals surface area contributed by atoms with E-state index in [1.54, 1.807) is 33.9 Å². The van der Waals surface area contributed by atoms with Crippen LogP contribution in [0, 0.1) is 23.7 Å². The molecule has 3 saturated heterocycles. The molecule has 8 heteroatoms. The summed E-state index contributed by atoms with van der Waals surface area (Å²) in [7, 11) is 1.71. The molecule has 3 heterocycles. The normalized spacial score (nSPS) is 33.1. The van der Waals surface area contributed by atoms with Crippen LogP contribution in [0.25, 0.3) is 0 Å². The van der Waals surface area contributed by atoms with Gasteiger partial charge in [-0.3, -0.25) is 14.4 Å². The molecule has 3 amide bonds. The van der Waals surface area contributed by atoms with Crippen LogP contribution in [0.15, 0.2) is 25.3 Å². The molecule has 3 aliphatic heterocycles. The fraction of sp³-hybridized carbons (Fsp3) is 0.767. The van der Waals surface area contributed by atoms with Crippen molar-refractivity contribution in [3.8, 4) is 0 Å². The summed E-state index contributed by atoms with van der Waals surface area (Å²) in [4.78, 5) is 47.8. The molecular weight excluding hydrogens is 482 g/mol. The second-order valence-corrected chi connectivity index (χ2v) is 11.9. The summed E-state index contributed by atoms with van der Waals surface area (Å²) in [5.41, 5.74) is -1.99. The Balaban J connectivity index is 2.17. The van der Waals surface area contributed by atoms with Crippen LogP contribution >= 0.6 is 0 Å². The van der Waals surface area contributed by atoms with Crippen molar-refractivity contribution in [1.29, 1.82) is 0 Å². The molecule has 214 valence electrons. The summed E-state index contributed by atoms with van der Waals surface area (Å²) in [6.07, 6.45) is 7.49. The number of rotatable bonds is 14. The van der Waals surface area contributed by atoms with E-state index < -0.39 is 35.1 Å². The number of aliphatic hydroxyl groups excluding tert-OH is 1. The third-order valence-corrected chi connectivity index (χ3v) is 9.57. The van der Waals surface area contributed by atoms with Gasteiger partial charge in [-0.15, -0.1) is 13.2 Å². The average molecular weight is 532 g/mol. The van der Waals surface area contributed by atoms with E-state index in [1.807, 2.05) is 27.7 Å². The quantitative estimate of drug-likeness (QED) is 0.275. The van der Waals surface area contributed by atoms with Crippen LogP contribution in [0.5, 0.6) is 0 Å². The van der Waals surface area contributed by atoms with E-state index >= 15 is 0 Å². The number of hydrogen-bond donors (Lipinski definition) is 1. The molecule has 8 nitrogen and oxygen atoms in total. The predicted octanol–water partition coefficient (Wildman–Crippen LogP) is 3.25. The van der Waals surface area contributed by atoms with Crippen LogP contribution in [0.3, 0.4) is 0 Å². The van der Waals surface area contributed by atoms with Crippen LogP contribution < -0.4 is 0 Å². The molecule has 38 heavy (non-hydrogen) atoms. The van der Waals surface area contributed by atoms with Gasteiger partial charge in [0.15, 0.2) is 0 Å². The first-order chi connectivity index (χ1) is 18.0. The molecule has 3 rings (SSSR count). The SMILES string of the molecule is C=CCN(C)C(=O)[C@@H]1[C@H]2C(=O)N([C@@H](CO)[C@@H](C)CC)C(C(=O)N(CC=C)CCCCC)C23CC(C)[C@@]1(C)O3. The van der Waals surface area contributed by atoms with Crippen molar-refractivity contribution in [3.05, 3.63) is 25.3 Å². The van der Waals surface area contributed by atoms with Crippen molar-refractivity contribution in [1.82, 2.24) is 14.7 Å². The Bertz CT molecular complexity index is 924. The summed E-state index contributed by atoms with van der Waals surface area (Å²) in [5, 5.41) is 10.5. The van der Waals surface area contributed by atoms with Gasteiger partial charge in [0.25, 0.3) is 0 Å². The molecule has 3 fully saturated rings. The molecule has 8 atom stereocenters. The number of hydrogen-bond acceptors (Lipinski definition) is 5. The first kappa shape index (κ1) is 30.4. The molecular formula is C30H49N3O5. The van der Waals surface area contributed by atoms with Gasteiger partial charge in [-0.1, -0.05) is 59.1 Å². The molecule has 3 unspecified atom stereocenters. The minimum absolute atomic E-state index is 0.0306. The summed E-state index contributed by atoms with van der Waals surface area (Å²) in [6, 6.07) is -1.45. The summed E-state index contributed by atoms with van der Waals surface area (Å²) < 4.78 is 6.85. The van der Waals surface area contributed by atoms with E-state index in [0.29, 0.717) is 26.1 Å². The maximum atomic E-state index is 14.5. The van der Waals surface area contributed by atoms with Gasteiger partial charge < -0.3 is 24.5 Å². The van der Waals surface area contributed by atoms with E-state index in [4.69, 9.17) is 4.74 Å². The average Bonchev–Trinajstić information content (AvgIpc) is 3.40. The Hall–Kier alpha value is -2.19. The van der Waals surface area contributed by atoms with E-state index in [2.05, 4.69) is 20.1 Å². The van der Waals surface area contributed by atoms with Gasteiger partial charge >= 0.3 is 0 Å². The summed E-state index contributed by atoms with van der Waals surface area (Å²) in [6.45, 7) is 18.8. The fourth-order valence-corrected chi connectivity index (χ4v) is 7.20. The van der Waals surface area contributed by atoms with Crippen LogP contribution in [0.2, 0.25) is 0 Å². The van der Waals surface area contributed by atoms with Gasteiger partial charge in [0.1, 0.15) is 11.6 Å². The number of fused-ring (bicyclic) bond motifs is 1. The number of nitrogens with zero attached hydrogens (tertiary/aromatic N) is 3. The number of likely N-dealkylation sites (N-methyl/N-ethyl adjacent to an activating group) is 1. The van der Waals surface area contributed by atoms with Gasteiger partial charge in [0, 0.05) is 26.7 Å². The van der Waals surface area contributed by atoms with E-state index in [0.717, 1.165) is 25.7 Å². The van der Waals surface area contributed by atoms with Gasteiger partial charge in [-0.25, -0.2) is 0 Å². The van der Waals surface area contributed by atoms with Crippen LogP contribution in [0.4, 0.5) is 0 Å². The molecule has 3 aliphatic rings. The Morgan fingerprint density at radius 1 is 1.21 bits per heavy atom. The lowest BCUT2D eigenvalue weighted by atomic mass is 9.62. The number of ether oxygens (including phenoxy) is 1. The van der Waals surface area contributed by atoms with Crippen molar-refractivity contribution in [2.45, 2.75) is 90.0 Å². The zero-order valence-electron chi connectivity index (χ0n) is 24.3. The van der Waals surface area contributed by atoms with Crippen LogP contribution in [-0.4, -0.2) is 94.1 Å². The molecule has 0 aromatic carbocycles. The first-order valence-corrected chi connectivity index (χ1v) is 14.4. The first-order valence-electron chi connectivity index (χ1n) is 14.4. The largest absolute Gasteiger partial charge is 0.394 e. The number of carbonyl (C=O) groups excluding carboxylic acids is 3. The van der Waals surface area contributed by atoms with Gasteiger partial charge in [-0.05, 0) is 31.6 Å². The summed E-state index contributed by atoms with van der Waals surface area (Å²) in [5.74, 6) is -2.16. The second-order valence-electron chi connectivity index (χ2n) is 11.9. The predicted molar refractivity (Wildman–Crippen MR) is 148 cm³/mol. The second kappa shape index (κ2) is 11.9. The number of carbonyl (C=O) groups is 3. The molecule has 0 aromatic rings. The third-order valence-electron chi connectivity index (χ3n) is 9.57. The minimum Gasteiger partial charge on any atom is -0.394 e. The van der Waals surface area contributed by atoms with E-state index in [-0.39, 0.29) is 36.2 Å². The monoisotopic (exact) mass is 531 g/mol. The zero-order chi connectivity index (χ0) is 28.4. The van der Waals surface area contributed by atoms with Gasteiger partial charge in [-0.2, -0.15) is 0 Å². The van der Waals surface area contributed by atoms with Gasteiger partial charge in [0.05, 0.1) is 30.1 Å². The minimum atomic E-state index is -1.12. The molecule has 0 aromatic heterocycles. The smallest absolute Gasteiger partial charge is 0.248 e.